The van der Waals surface area contributed by atoms with Crippen LogP contribution in [0.5, 0.6) is 0 Å². The summed E-state index contributed by atoms with van der Waals surface area (Å²) in [6.07, 6.45) is 6.21. The largest absolute Gasteiger partial charge is 0.331 e. The van der Waals surface area contributed by atoms with Crippen molar-refractivity contribution in [3.8, 4) is 0 Å². The van der Waals surface area contributed by atoms with Gasteiger partial charge in [-0.2, -0.15) is 0 Å². The van der Waals surface area contributed by atoms with E-state index in [1.54, 1.807) is 42.2 Å². The van der Waals surface area contributed by atoms with Crippen LogP contribution in [0.15, 0.2) is 42.7 Å². The van der Waals surface area contributed by atoms with Crippen molar-refractivity contribution in [3.63, 3.8) is 0 Å². The summed E-state index contributed by atoms with van der Waals surface area (Å²) in [6, 6.07) is 6.05. The van der Waals surface area contributed by atoms with Crippen LogP contribution in [-0.2, 0) is 7.05 Å². The highest BCUT2D eigenvalue weighted by molar-refractivity contribution is 6.04. The Morgan fingerprint density at radius 1 is 1.47 bits per heavy atom. The standard InChI is InChI=1S/C13H11FN2O/c1-16-8-7-15-13(16)12(17)6-5-10-3-2-4-11(14)9-10/h2-9H,1H3/b6-5+. The third-order valence-corrected chi connectivity index (χ3v) is 2.32. The van der Waals surface area contributed by atoms with Crippen LogP contribution in [0.4, 0.5) is 4.39 Å². The molecule has 0 amide bonds. The molecular weight excluding hydrogens is 219 g/mol. The van der Waals surface area contributed by atoms with E-state index in [-0.39, 0.29) is 11.6 Å². The fraction of sp³-hybridized carbons (Fsp3) is 0.0769. The molecule has 0 spiro atoms. The molecule has 0 aliphatic rings. The van der Waals surface area contributed by atoms with Gasteiger partial charge < -0.3 is 4.57 Å². The highest BCUT2D eigenvalue weighted by atomic mass is 19.1. The zero-order valence-electron chi connectivity index (χ0n) is 9.30. The first-order valence-electron chi connectivity index (χ1n) is 5.12. The van der Waals surface area contributed by atoms with Gasteiger partial charge in [-0.3, -0.25) is 4.79 Å². The van der Waals surface area contributed by atoms with Crippen LogP contribution < -0.4 is 0 Å². The molecule has 1 heterocycles. The van der Waals surface area contributed by atoms with Crippen LogP contribution in [0.3, 0.4) is 0 Å². The van der Waals surface area contributed by atoms with Crippen LogP contribution >= 0.6 is 0 Å². The smallest absolute Gasteiger partial charge is 0.221 e. The van der Waals surface area contributed by atoms with Crippen molar-refractivity contribution in [2.75, 3.05) is 0 Å². The second kappa shape index (κ2) is 4.74. The Balaban J connectivity index is 2.17. The molecule has 0 unspecified atom stereocenters. The van der Waals surface area contributed by atoms with E-state index in [1.165, 1.54) is 18.2 Å². The van der Waals surface area contributed by atoms with Crippen LogP contribution in [-0.4, -0.2) is 15.3 Å². The maximum atomic E-state index is 12.9. The number of ketones is 1. The van der Waals surface area contributed by atoms with Crippen molar-refractivity contribution < 1.29 is 9.18 Å². The number of rotatable bonds is 3. The third-order valence-electron chi connectivity index (χ3n) is 2.32. The van der Waals surface area contributed by atoms with Gasteiger partial charge in [0.1, 0.15) is 5.82 Å². The SMILES string of the molecule is Cn1ccnc1C(=O)/C=C/c1cccc(F)c1. The van der Waals surface area contributed by atoms with Gasteiger partial charge in [-0.25, -0.2) is 9.37 Å². The van der Waals surface area contributed by atoms with E-state index in [9.17, 15) is 9.18 Å². The summed E-state index contributed by atoms with van der Waals surface area (Å²) in [4.78, 5) is 15.7. The second-order valence-corrected chi connectivity index (χ2v) is 3.61. The van der Waals surface area contributed by atoms with Crippen molar-refractivity contribution >= 4 is 11.9 Å². The minimum absolute atomic E-state index is 0.207. The molecule has 1 aromatic heterocycles. The molecule has 0 aliphatic heterocycles. The van der Waals surface area contributed by atoms with Gasteiger partial charge in [0.15, 0.2) is 5.82 Å². The van der Waals surface area contributed by atoms with Gasteiger partial charge in [-0.1, -0.05) is 18.2 Å². The molecule has 0 radical (unpaired) electrons. The summed E-state index contributed by atoms with van der Waals surface area (Å²) < 4.78 is 14.5. The van der Waals surface area contributed by atoms with E-state index in [0.29, 0.717) is 11.4 Å². The summed E-state index contributed by atoms with van der Waals surface area (Å²) in [7, 11) is 1.75. The topological polar surface area (TPSA) is 34.9 Å². The Hall–Kier alpha value is -2.23. The molecule has 4 heteroatoms. The molecule has 0 bridgehead atoms. The molecular formula is C13H11FN2O. The second-order valence-electron chi connectivity index (χ2n) is 3.61. The number of hydrogen-bond donors (Lipinski definition) is 0. The van der Waals surface area contributed by atoms with E-state index in [4.69, 9.17) is 0 Å². The molecule has 0 saturated carbocycles. The van der Waals surface area contributed by atoms with E-state index < -0.39 is 0 Å². The lowest BCUT2D eigenvalue weighted by atomic mass is 10.2. The summed E-state index contributed by atoms with van der Waals surface area (Å²) in [5.74, 6) is -0.170. The molecule has 3 nitrogen and oxygen atoms in total. The van der Waals surface area contributed by atoms with Gasteiger partial charge in [0, 0.05) is 19.4 Å². The third kappa shape index (κ3) is 2.66. The summed E-state index contributed by atoms with van der Waals surface area (Å²) in [5.41, 5.74) is 0.646. The fourth-order valence-corrected chi connectivity index (χ4v) is 1.46. The molecule has 2 rings (SSSR count). The van der Waals surface area contributed by atoms with Crippen LogP contribution in [0, 0.1) is 5.82 Å². The maximum absolute atomic E-state index is 12.9. The lowest BCUT2D eigenvalue weighted by molar-refractivity contribution is 0.103. The fourth-order valence-electron chi connectivity index (χ4n) is 1.46. The minimum Gasteiger partial charge on any atom is -0.331 e. The number of aromatic nitrogens is 2. The van der Waals surface area contributed by atoms with Gasteiger partial charge in [-0.05, 0) is 23.8 Å². The Morgan fingerprint density at radius 2 is 2.29 bits per heavy atom. The predicted octanol–water partition coefficient (Wildman–Crippen LogP) is 2.46. The number of nitrogens with zero attached hydrogens (tertiary/aromatic N) is 2. The van der Waals surface area contributed by atoms with Crippen molar-refractivity contribution in [1.29, 1.82) is 0 Å². The van der Waals surface area contributed by atoms with E-state index in [1.807, 2.05) is 0 Å². The molecule has 0 fully saturated rings. The van der Waals surface area contributed by atoms with Crippen molar-refractivity contribution in [2.24, 2.45) is 7.05 Å². The normalized spacial score (nSPS) is 10.9. The average molecular weight is 230 g/mol. The number of hydrogen-bond acceptors (Lipinski definition) is 2. The Labute approximate surface area is 98.2 Å². The first kappa shape index (κ1) is 11.3. The lowest BCUT2D eigenvalue weighted by Gasteiger charge is -1.96. The summed E-state index contributed by atoms with van der Waals surface area (Å²) in [5, 5.41) is 0. The van der Waals surface area contributed by atoms with Crippen molar-refractivity contribution in [2.45, 2.75) is 0 Å². The molecule has 0 N–H and O–H groups in total. The van der Waals surface area contributed by atoms with Gasteiger partial charge >= 0.3 is 0 Å². The molecule has 2 aromatic rings. The highest BCUT2D eigenvalue weighted by Gasteiger charge is 2.06. The molecule has 17 heavy (non-hydrogen) atoms. The van der Waals surface area contributed by atoms with Gasteiger partial charge in [0.2, 0.25) is 5.78 Å². The molecule has 0 atom stereocenters. The monoisotopic (exact) mass is 230 g/mol. The number of benzene rings is 1. The Kier molecular flexibility index (Phi) is 3.14. The number of carbonyl (C=O) groups is 1. The highest BCUT2D eigenvalue weighted by Crippen LogP contribution is 2.06. The van der Waals surface area contributed by atoms with Crippen LogP contribution in [0.2, 0.25) is 0 Å². The molecule has 0 aliphatic carbocycles. The quantitative estimate of drug-likeness (QED) is 0.599. The average Bonchev–Trinajstić information content (AvgIpc) is 2.72. The van der Waals surface area contributed by atoms with Crippen LogP contribution in [0.1, 0.15) is 16.2 Å². The number of aryl methyl sites for hydroxylation is 1. The predicted molar refractivity (Wildman–Crippen MR) is 63.0 cm³/mol. The van der Waals surface area contributed by atoms with Crippen LogP contribution in [0.25, 0.3) is 6.08 Å². The van der Waals surface area contributed by atoms with E-state index in [2.05, 4.69) is 4.98 Å². The zero-order chi connectivity index (χ0) is 12.3. The first-order valence-corrected chi connectivity index (χ1v) is 5.12. The maximum Gasteiger partial charge on any atom is 0.221 e. The Morgan fingerprint density at radius 3 is 2.94 bits per heavy atom. The van der Waals surface area contributed by atoms with Gasteiger partial charge in [0.25, 0.3) is 0 Å². The van der Waals surface area contributed by atoms with Crippen molar-refractivity contribution in [1.82, 2.24) is 9.55 Å². The van der Waals surface area contributed by atoms with Crippen molar-refractivity contribution in [3.05, 3.63) is 59.9 Å². The number of imidazole rings is 1. The zero-order valence-corrected chi connectivity index (χ0v) is 9.30. The molecule has 1 aromatic carbocycles. The number of carbonyl (C=O) groups excluding carboxylic acids is 1. The minimum atomic E-state index is -0.323. The van der Waals surface area contributed by atoms with Gasteiger partial charge in [0.05, 0.1) is 0 Å². The first-order chi connectivity index (χ1) is 8.16. The van der Waals surface area contributed by atoms with Gasteiger partial charge in [-0.15, -0.1) is 0 Å². The lowest BCUT2D eigenvalue weighted by Crippen LogP contribution is -2.03. The van der Waals surface area contributed by atoms with E-state index in [0.717, 1.165) is 0 Å². The molecule has 86 valence electrons. The molecule has 0 saturated heterocycles. The summed E-state index contributed by atoms with van der Waals surface area (Å²) >= 11 is 0. The van der Waals surface area contributed by atoms with E-state index >= 15 is 0 Å². The Bertz CT molecular complexity index is 572. The number of halogens is 1. The summed E-state index contributed by atoms with van der Waals surface area (Å²) in [6.45, 7) is 0. The number of allylic oxidation sites excluding steroid dienone is 1.